The molecule has 1 aromatic heterocycles. The fourth-order valence-corrected chi connectivity index (χ4v) is 4.11. The molecular formula is C28H26BrFN4O4. The molecule has 0 spiro atoms. The van der Waals surface area contributed by atoms with E-state index in [-0.39, 0.29) is 17.9 Å². The number of nitrogens with one attached hydrogen (secondary N) is 1. The fourth-order valence-electron chi connectivity index (χ4n) is 3.75. The van der Waals surface area contributed by atoms with Crippen LogP contribution in [0.3, 0.4) is 0 Å². The van der Waals surface area contributed by atoms with E-state index in [1.165, 1.54) is 42.3 Å². The number of amides is 1. The van der Waals surface area contributed by atoms with Crippen LogP contribution in [0, 0.1) is 5.82 Å². The molecular weight excluding hydrogens is 555 g/mol. The number of hydrogen-bond acceptors (Lipinski definition) is 6. The highest BCUT2D eigenvalue weighted by atomic mass is 79.9. The maximum Gasteiger partial charge on any atom is 0.282 e. The van der Waals surface area contributed by atoms with Gasteiger partial charge in [0.1, 0.15) is 11.6 Å². The third-order valence-electron chi connectivity index (χ3n) is 5.65. The zero-order valence-electron chi connectivity index (χ0n) is 20.9. The van der Waals surface area contributed by atoms with Crippen LogP contribution >= 0.6 is 15.9 Å². The standard InChI is InChI=1S/C28H26BrFN4O4/c1-3-4-8-25-33-23-14-9-19(29)15-22(23)28(36)34(25)31-16-18-6-5-7-24(37-2)27(18)38-17-26(35)32-21-12-10-20(30)11-13-21/h5-7,9-16H,3-4,8,17H2,1-2H3,(H,32,35). The van der Waals surface area contributed by atoms with Crippen LogP contribution < -0.4 is 20.3 Å². The number of carbonyl (C=O) groups excluding carboxylic acids is 1. The predicted octanol–water partition coefficient (Wildman–Crippen LogP) is 5.55. The Bertz CT molecular complexity index is 1540. The Labute approximate surface area is 227 Å². The van der Waals surface area contributed by atoms with E-state index in [1.54, 1.807) is 30.3 Å². The molecule has 38 heavy (non-hydrogen) atoms. The third kappa shape index (κ3) is 6.44. The summed E-state index contributed by atoms with van der Waals surface area (Å²) in [6, 6.07) is 16.0. The van der Waals surface area contributed by atoms with Crippen LogP contribution in [-0.2, 0) is 11.2 Å². The van der Waals surface area contributed by atoms with Crippen LogP contribution in [0.5, 0.6) is 11.5 Å². The molecule has 0 aliphatic rings. The number of rotatable bonds is 10. The van der Waals surface area contributed by atoms with E-state index in [4.69, 9.17) is 9.47 Å². The molecule has 0 bridgehead atoms. The minimum atomic E-state index is -0.437. The number of halogens is 2. The van der Waals surface area contributed by atoms with Crippen LogP contribution in [0.15, 0.2) is 75.0 Å². The topological polar surface area (TPSA) is 94.8 Å². The van der Waals surface area contributed by atoms with Crippen molar-refractivity contribution in [2.75, 3.05) is 19.0 Å². The summed E-state index contributed by atoms with van der Waals surface area (Å²) < 4.78 is 26.4. The first-order valence-corrected chi connectivity index (χ1v) is 12.8. The first-order chi connectivity index (χ1) is 18.4. The van der Waals surface area contributed by atoms with Crippen LogP contribution in [-0.4, -0.2) is 35.5 Å². The van der Waals surface area contributed by atoms with Crippen molar-refractivity contribution in [3.8, 4) is 11.5 Å². The molecule has 1 heterocycles. The lowest BCUT2D eigenvalue weighted by molar-refractivity contribution is -0.118. The highest BCUT2D eigenvalue weighted by Gasteiger charge is 2.14. The number of carbonyl (C=O) groups is 1. The van der Waals surface area contributed by atoms with Crippen molar-refractivity contribution in [2.24, 2.45) is 5.10 Å². The maximum absolute atomic E-state index is 13.4. The molecule has 0 radical (unpaired) electrons. The highest BCUT2D eigenvalue weighted by molar-refractivity contribution is 9.10. The first-order valence-electron chi connectivity index (χ1n) is 12.0. The average Bonchev–Trinajstić information content (AvgIpc) is 2.92. The van der Waals surface area contributed by atoms with Crippen molar-refractivity contribution >= 4 is 44.6 Å². The Morgan fingerprint density at radius 1 is 1.18 bits per heavy atom. The smallest absolute Gasteiger partial charge is 0.282 e. The van der Waals surface area contributed by atoms with E-state index in [0.29, 0.717) is 40.1 Å². The number of nitrogens with zero attached hydrogens (tertiary/aromatic N) is 3. The molecule has 3 aromatic carbocycles. The van der Waals surface area contributed by atoms with Gasteiger partial charge in [-0.25, -0.2) is 9.37 Å². The van der Waals surface area contributed by atoms with Crippen molar-refractivity contribution in [3.63, 3.8) is 0 Å². The number of benzene rings is 3. The number of methoxy groups -OCH3 is 1. The average molecular weight is 581 g/mol. The molecule has 1 N–H and O–H groups in total. The summed E-state index contributed by atoms with van der Waals surface area (Å²) >= 11 is 3.41. The monoisotopic (exact) mass is 580 g/mol. The highest BCUT2D eigenvalue weighted by Crippen LogP contribution is 2.30. The molecule has 0 fully saturated rings. The number of fused-ring (bicyclic) bond motifs is 1. The van der Waals surface area contributed by atoms with Gasteiger partial charge in [0.25, 0.3) is 11.5 Å². The van der Waals surface area contributed by atoms with E-state index in [9.17, 15) is 14.0 Å². The molecule has 10 heteroatoms. The number of aromatic nitrogens is 2. The molecule has 0 unspecified atom stereocenters. The summed E-state index contributed by atoms with van der Waals surface area (Å²) in [5, 5.41) is 7.57. The van der Waals surface area contributed by atoms with Gasteiger partial charge in [0, 0.05) is 22.1 Å². The van der Waals surface area contributed by atoms with E-state index >= 15 is 0 Å². The number of anilines is 1. The van der Waals surface area contributed by atoms with Gasteiger partial charge in [-0.15, -0.1) is 0 Å². The Morgan fingerprint density at radius 2 is 1.97 bits per heavy atom. The number of hydrogen-bond donors (Lipinski definition) is 1. The minimum Gasteiger partial charge on any atom is -0.493 e. The maximum atomic E-state index is 13.4. The largest absolute Gasteiger partial charge is 0.493 e. The number of unbranched alkanes of at least 4 members (excludes halogenated alkanes) is 1. The summed E-state index contributed by atoms with van der Waals surface area (Å²) in [6.45, 7) is 1.74. The van der Waals surface area contributed by atoms with Crippen molar-refractivity contribution in [2.45, 2.75) is 26.2 Å². The molecule has 0 saturated carbocycles. The zero-order valence-corrected chi connectivity index (χ0v) is 22.5. The lowest BCUT2D eigenvalue weighted by Gasteiger charge is -2.14. The van der Waals surface area contributed by atoms with E-state index < -0.39 is 11.7 Å². The summed E-state index contributed by atoms with van der Waals surface area (Å²) in [5.74, 6) is 0.387. The van der Waals surface area contributed by atoms with Crippen LogP contribution in [0.1, 0.15) is 31.2 Å². The van der Waals surface area contributed by atoms with Crippen molar-refractivity contribution in [1.29, 1.82) is 0 Å². The van der Waals surface area contributed by atoms with Gasteiger partial charge in [-0.2, -0.15) is 9.78 Å². The quantitative estimate of drug-likeness (QED) is 0.248. The van der Waals surface area contributed by atoms with E-state index in [0.717, 1.165) is 17.3 Å². The van der Waals surface area contributed by atoms with Gasteiger partial charge in [0.15, 0.2) is 18.1 Å². The van der Waals surface area contributed by atoms with Crippen molar-refractivity contribution in [1.82, 2.24) is 9.66 Å². The van der Waals surface area contributed by atoms with Gasteiger partial charge >= 0.3 is 0 Å². The van der Waals surface area contributed by atoms with Crippen LogP contribution in [0.2, 0.25) is 0 Å². The second kappa shape index (κ2) is 12.5. The van der Waals surface area contributed by atoms with E-state index in [1.807, 2.05) is 6.07 Å². The molecule has 8 nitrogen and oxygen atoms in total. The van der Waals surface area contributed by atoms with Crippen molar-refractivity contribution in [3.05, 3.63) is 92.7 Å². The number of aryl methyl sites for hydroxylation is 1. The van der Waals surface area contributed by atoms with Gasteiger partial charge in [-0.05, 0) is 61.0 Å². The van der Waals surface area contributed by atoms with Gasteiger partial charge in [-0.1, -0.05) is 35.3 Å². The van der Waals surface area contributed by atoms with Gasteiger partial charge in [0.05, 0.1) is 24.2 Å². The summed E-state index contributed by atoms with van der Waals surface area (Å²) in [7, 11) is 1.49. The Hall–Kier alpha value is -4.05. The molecule has 196 valence electrons. The van der Waals surface area contributed by atoms with Crippen molar-refractivity contribution < 1.29 is 18.7 Å². The Morgan fingerprint density at radius 3 is 2.71 bits per heavy atom. The summed E-state index contributed by atoms with van der Waals surface area (Å²) in [5.41, 5.74) is 1.26. The molecule has 0 saturated heterocycles. The van der Waals surface area contributed by atoms with Gasteiger partial charge in [0.2, 0.25) is 0 Å². The second-order valence-electron chi connectivity index (χ2n) is 8.38. The number of ether oxygens (including phenoxy) is 2. The molecule has 0 aliphatic carbocycles. The third-order valence-corrected chi connectivity index (χ3v) is 6.14. The minimum absolute atomic E-state index is 0.285. The van der Waals surface area contributed by atoms with Crippen LogP contribution in [0.4, 0.5) is 10.1 Å². The van der Waals surface area contributed by atoms with E-state index in [2.05, 4.69) is 38.3 Å². The normalized spacial score (nSPS) is 11.2. The second-order valence-corrected chi connectivity index (χ2v) is 9.29. The summed E-state index contributed by atoms with van der Waals surface area (Å²) in [6.07, 6.45) is 3.85. The lowest BCUT2D eigenvalue weighted by Crippen LogP contribution is -2.23. The molecule has 0 atom stereocenters. The lowest BCUT2D eigenvalue weighted by atomic mass is 10.2. The fraction of sp³-hybridized carbons (Fsp3) is 0.214. The Balaban J connectivity index is 1.64. The van der Waals surface area contributed by atoms with Gasteiger partial charge < -0.3 is 14.8 Å². The molecule has 4 rings (SSSR count). The predicted molar refractivity (Wildman–Crippen MR) is 149 cm³/mol. The number of para-hydroxylation sites is 1. The summed E-state index contributed by atoms with van der Waals surface area (Å²) in [4.78, 5) is 30.5. The van der Waals surface area contributed by atoms with Gasteiger partial charge in [-0.3, -0.25) is 9.59 Å². The zero-order chi connectivity index (χ0) is 27.1. The first kappa shape index (κ1) is 27.0. The van der Waals surface area contributed by atoms with Crippen LogP contribution in [0.25, 0.3) is 10.9 Å². The molecule has 0 aliphatic heterocycles. The SMILES string of the molecule is CCCCc1nc2ccc(Br)cc2c(=O)n1N=Cc1cccc(OC)c1OCC(=O)Nc1ccc(F)cc1. The molecule has 1 amide bonds. The molecule has 4 aromatic rings. The Kier molecular flexibility index (Phi) is 8.85.